The SMILES string of the molecule is CC[C@@H](COC(=O)c1ccc(C)cc1)O[C@H](C)C(=O)C#N. The first kappa shape index (κ1) is 16.9. The fourth-order valence-corrected chi connectivity index (χ4v) is 1.64. The summed E-state index contributed by atoms with van der Waals surface area (Å²) in [5.41, 5.74) is 1.53. The van der Waals surface area contributed by atoms with Crippen molar-refractivity contribution >= 4 is 11.8 Å². The molecule has 0 aliphatic heterocycles. The molecule has 0 aromatic heterocycles. The maximum atomic E-state index is 11.9. The highest BCUT2D eigenvalue weighted by atomic mass is 16.6. The largest absolute Gasteiger partial charge is 0.459 e. The molecule has 21 heavy (non-hydrogen) atoms. The summed E-state index contributed by atoms with van der Waals surface area (Å²) in [6, 6.07) is 8.57. The van der Waals surface area contributed by atoms with E-state index in [1.165, 1.54) is 13.0 Å². The molecule has 2 atom stereocenters. The molecule has 5 heteroatoms. The van der Waals surface area contributed by atoms with Crippen LogP contribution in [0.1, 0.15) is 36.2 Å². The van der Waals surface area contributed by atoms with E-state index in [2.05, 4.69) is 0 Å². The van der Waals surface area contributed by atoms with Gasteiger partial charge < -0.3 is 9.47 Å². The average molecular weight is 289 g/mol. The van der Waals surface area contributed by atoms with Crippen molar-refractivity contribution in [3.8, 4) is 6.07 Å². The van der Waals surface area contributed by atoms with Gasteiger partial charge >= 0.3 is 5.97 Å². The van der Waals surface area contributed by atoms with Crippen molar-refractivity contribution in [1.82, 2.24) is 0 Å². The molecule has 0 N–H and O–H groups in total. The van der Waals surface area contributed by atoms with E-state index in [0.29, 0.717) is 12.0 Å². The Balaban J connectivity index is 2.51. The summed E-state index contributed by atoms with van der Waals surface area (Å²) < 4.78 is 10.6. The lowest BCUT2D eigenvalue weighted by Crippen LogP contribution is -2.29. The number of ether oxygens (including phenoxy) is 2. The molecule has 0 fully saturated rings. The summed E-state index contributed by atoms with van der Waals surface area (Å²) in [6.07, 6.45) is -0.658. The number of benzene rings is 1. The first-order valence-electron chi connectivity index (χ1n) is 6.81. The highest BCUT2D eigenvalue weighted by molar-refractivity contribution is 5.96. The van der Waals surface area contributed by atoms with Gasteiger partial charge in [-0.2, -0.15) is 5.26 Å². The normalized spacial score (nSPS) is 13.0. The van der Waals surface area contributed by atoms with Crippen LogP contribution in [0.15, 0.2) is 24.3 Å². The molecule has 1 aromatic rings. The van der Waals surface area contributed by atoms with Gasteiger partial charge in [0.1, 0.15) is 18.8 Å². The van der Waals surface area contributed by atoms with Gasteiger partial charge in [0.25, 0.3) is 5.78 Å². The minimum Gasteiger partial charge on any atom is -0.459 e. The van der Waals surface area contributed by atoms with Gasteiger partial charge in [0.05, 0.1) is 11.7 Å². The highest BCUT2D eigenvalue weighted by Gasteiger charge is 2.19. The Morgan fingerprint density at radius 1 is 1.29 bits per heavy atom. The maximum absolute atomic E-state index is 11.9. The number of rotatable bonds is 7. The maximum Gasteiger partial charge on any atom is 0.338 e. The summed E-state index contributed by atoms with van der Waals surface area (Å²) >= 11 is 0. The number of carbonyl (C=O) groups is 2. The molecule has 0 saturated carbocycles. The van der Waals surface area contributed by atoms with Crippen LogP contribution in [0.25, 0.3) is 0 Å². The molecule has 5 nitrogen and oxygen atoms in total. The number of Topliss-reactive ketones (excluding diaryl/α,β-unsaturated/α-hetero) is 1. The van der Waals surface area contributed by atoms with Crippen molar-refractivity contribution in [2.24, 2.45) is 0 Å². The van der Waals surface area contributed by atoms with Crippen molar-refractivity contribution < 1.29 is 19.1 Å². The second-order valence-corrected chi connectivity index (χ2v) is 4.75. The van der Waals surface area contributed by atoms with Crippen LogP contribution in [-0.4, -0.2) is 30.6 Å². The second kappa shape index (κ2) is 8.18. The van der Waals surface area contributed by atoms with Gasteiger partial charge in [-0.25, -0.2) is 4.79 Å². The van der Waals surface area contributed by atoms with Crippen molar-refractivity contribution in [3.05, 3.63) is 35.4 Å². The number of ketones is 1. The van der Waals surface area contributed by atoms with Crippen LogP contribution in [0.5, 0.6) is 0 Å². The number of esters is 1. The molecule has 0 amide bonds. The van der Waals surface area contributed by atoms with Crippen molar-refractivity contribution in [2.45, 2.75) is 39.4 Å². The first-order chi connectivity index (χ1) is 9.97. The van der Waals surface area contributed by atoms with Crippen LogP contribution in [-0.2, 0) is 14.3 Å². The van der Waals surface area contributed by atoms with E-state index in [-0.39, 0.29) is 6.61 Å². The van der Waals surface area contributed by atoms with E-state index in [1.807, 2.05) is 26.0 Å². The van der Waals surface area contributed by atoms with E-state index in [4.69, 9.17) is 14.7 Å². The van der Waals surface area contributed by atoms with Crippen molar-refractivity contribution in [1.29, 1.82) is 5.26 Å². The molecule has 0 aliphatic rings. The Bertz CT molecular complexity index is 530. The second-order valence-electron chi connectivity index (χ2n) is 4.75. The quantitative estimate of drug-likeness (QED) is 0.569. The molecular weight excluding hydrogens is 270 g/mol. The van der Waals surface area contributed by atoms with Gasteiger partial charge in [-0.15, -0.1) is 0 Å². The van der Waals surface area contributed by atoms with Gasteiger partial charge in [-0.1, -0.05) is 24.6 Å². The van der Waals surface area contributed by atoms with Crippen LogP contribution < -0.4 is 0 Å². The molecule has 0 saturated heterocycles. The van der Waals surface area contributed by atoms with E-state index in [0.717, 1.165) is 5.56 Å². The Labute approximate surface area is 124 Å². The average Bonchev–Trinajstić information content (AvgIpc) is 2.50. The molecule has 0 spiro atoms. The van der Waals surface area contributed by atoms with Gasteiger partial charge in [0, 0.05) is 0 Å². The first-order valence-corrected chi connectivity index (χ1v) is 6.81. The predicted molar refractivity (Wildman–Crippen MR) is 76.7 cm³/mol. The lowest BCUT2D eigenvalue weighted by molar-refractivity contribution is -0.129. The Morgan fingerprint density at radius 2 is 1.90 bits per heavy atom. The van der Waals surface area contributed by atoms with Gasteiger partial charge in [0.2, 0.25) is 0 Å². The fraction of sp³-hybridized carbons (Fsp3) is 0.438. The monoisotopic (exact) mass is 289 g/mol. The number of nitriles is 1. The fourth-order valence-electron chi connectivity index (χ4n) is 1.64. The van der Waals surface area contributed by atoms with Crippen LogP contribution in [0.3, 0.4) is 0 Å². The number of hydrogen-bond acceptors (Lipinski definition) is 5. The van der Waals surface area contributed by atoms with E-state index in [9.17, 15) is 9.59 Å². The Morgan fingerprint density at radius 3 is 2.43 bits per heavy atom. The molecule has 112 valence electrons. The van der Waals surface area contributed by atoms with Crippen molar-refractivity contribution in [2.75, 3.05) is 6.61 Å². The molecule has 1 aromatic carbocycles. The third kappa shape index (κ3) is 5.36. The Hall–Kier alpha value is -2.19. The number of carbonyl (C=O) groups excluding carboxylic acids is 2. The molecule has 0 unspecified atom stereocenters. The van der Waals surface area contributed by atoms with Crippen LogP contribution in [0.4, 0.5) is 0 Å². The summed E-state index contributed by atoms with van der Waals surface area (Å²) in [5, 5.41) is 8.52. The Kier molecular flexibility index (Phi) is 6.57. The predicted octanol–water partition coefficient (Wildman–Crippen LogP) is 2.43. The summed E-state index contributed by atoms with van der Waals surface area (Å²) in [7, 11) is 0. The number of nitrogens with zero attached hydrogens (tertiary/aromatic N) is 1. The molecule has 0 radical (unpaired) electrons. The summed E-state index contributed by atoms with van der Waals surface area (Å²) in [4.78, 5) is 23.0. The third-order valence-electron chi connectivity index (χ3n) is 3.02. The van der Waals surface area contributed by atoms with Crippen LogP contribution in [0.2, 0.25) is 0 Å². The van der Waals surface area contributed by atoms with Crippen LogP contribution >= 0.6 is 0 Å². The molecule has 0 bridgehead atoms. The number of hydrogen-bond donors (Lipinski definition) is 0. The molecule has 0 heterocycles. The smallest absolute Gasteiger partial charge is 0.338 e. The summed E-state index contributed by atoms with van der Waals surface area (Å²) in [5.74, 6) is -1.07. The minimum absolute atomic E-state index is 0.0479. The molecular formula is C16H19NO4. The highest BCUT2D eigenvalue weighted by Crippen LogP contribution is 2.08. The summed E-state index contributed by atoms with van der Waals surface area (Å²) in [6.45, 7) is 5.35. The zero-order valence-corrected chi connectivity index (χ0v) is 12.5. The van der Waals surface area contributed by atoms with Gasteiger partial charge in [-0.3, -0.25) is 4.79 Å². The van der Waals surface area contributed by atoms with Gasteiger partial charge in [-0.05, 0) is 32.4 Å². The van der Waals surface area contributed by atoms with Crippen molar-refractivity contribution in [3.63, 3.8) is 0 Å². The van der Waals surface area contributed by atoms with E-state index < -0.39 is 24.0 Å². The van der Waals surface area contributed by atoms with Crippen LogP contribution in [0, 0.1) is 18.3 Å². The third-order valence-corrected chi connectivity index (χ3v) is 3.02. The molecule has 1 rings (SSSR count). The standard InChI is InChI=1S/C16H19NO4/c1-4-14(21-12(3)15(18)9-17)10-20-16(19)13-7-5-11(2)6-8-13/h5-8,12,14H,4,10H2,1-3H3/t12-,14+/m1/s1. The van der Waals surface area contributed by atoms with Gasteiger partial charge in [0.15, 0.2) is 0 Å². The lowest BCUT2D eigenvalue weighted by atomic mass is 10.1. The zero-order chi connectivity index (χ0) is 15.8. The minimum atomic E-state index is -0.821. The van der Waals surface area contributed by atoms with E-state index in [1.54, 1.807) is 12.1 Å². The topological polar surface area (TPSA) is 76.4 Å². The van der Waals surface area contributed by atoms with E-state index >= 15 is 0 Å². The zero-order valence-electron chi connectivity index (χ0n) is 12.5. The number of aryl methyl sites for hydroxylation is 1. The molecule has 0 aliphatic carbocycles. The lowest BCUT2D eigenvalue weighted by Gasteiger charge is -2.19.